The third kappa shape index (κ3) is 4.31. The van der Waals surface area contributed by atoms with Crippen molar-refractivity contribution in [2.75, 3.05) is 6.54 Å². The number of hydrogen-bond acceptors (Lipinski definition) is 3. The fourth-order valence-corrected chi connectivity index (χ4v) is 2.78. The summed E-state index contributed by atoms with van der Waals surface area (Å²) in [5, 5.41) is 3.45. The smallest absolute Gasteiger partial charge is 0.0933 e. The van der Waals surface area contributed by atoms with Gasteiger partial charge in [-0.15, -0.1) is 11.3 Å². The molecule has 0 aliphatic rings. The molecule has 0 saturated heterocycles. The number of aryl methyl sites for hydroxylation is 1. The molecule has 0 amide bonds. The van der Waals surface area contributed by atoms with Crippen LogP contribution in [0.15, 0.2) is 5.38 Å². The Labute approximate surface area is 96.9 Å². The summed E-state index contributed by atoms with van der Waals surface area (Å²) in [6.45, 7) is 7.49. The summed E-state index contributed by atoms with van der Waals surface area (Å²) in [4.78, 5) is 4.65. The zero-order valence-corrected chi connectivity index (χ0v) is 10.9. The molecule has 0 aliphatic carbocycles. The lowest BCUT2D eigenvalue weighted by Gasteiger charge is -2.22. The highest BCUT2D eigenvalue weighted by atomic mass is 32.1. The van der Waals surface area contributed by atoms with Crippen molar-refractivity contribution in [1.82, 2.24) is 4.98 Å². The van der Waals surface area contributed by atoms with Crippen LogP contribution in [0.2, 0.25) is 0 Å². The predicted octanol–water partition coefficient (Wildman–Crippen LogP) is 3.01. The summed E-state index contributed by atoms with van der Waals surface area (Å²) in [7, 11) is 0. The van der Waals surface area contributed by atoms with Crippen LogP contribution >= 0.6 is 11.3 Å². The fourth-order valence-electron chi connectivity index (χ4n) is 1.69. The molecule has 1 rings (SSSR count). The standard InChI is InChI=1S/C12H22N2S/c1-4-5-10-9-15-11(14-10)8-12(2,3)6-7-13/h9H,4-8,13H2,1-3H3. The Kier molecular flexibility index (Phi) is 4.74. The van der Waals surface area contributed by atoms with Crippen molar-refractivity contribution in [3.63, 3.8) is 0 Å². The average Bonchev–Trinajstić information content (AvgIpc) is 2.52. The molecule has 0 atom stereocenters. The van der Waals surface area contributed by atoms with Gasteiger partial charge in [0.1, 0.15) is 0 Å². The van der Waals surface area contributed by atoms with E-state index < -0.39 is 0 Å². The fraction of sp³-hybridized carbons (Fsp3) is 0.750. The third-order valence-electron chi connectivity index (χ3n) is 2.56. The number of aromatic nitrogens is 1. The summed E-state index contributed by atoms with van der Waals surface area (Å²) >= 11 is 1.79. The Morgan fingerprint density at radius 3 is 2.80 bits per heavy atom. The lowest BCUT2D eigenvalue weighted by atomic mass is 9.86. The number of thiazole rings is 1. The number of nitrogens with zero attached hydrogens (tertiary/aromatic N) is 1. The summed E-state index contributed by atoms with van der Waals surface area (Å²) in [6.07, 6.45) is 4.40. The van der Waals surface area contributed by atoms with E-state index in [2.05, 4.69) is 31.1 Å². The van der Waals surface area contributed by atoms with Gasteiger partial charge in [0.25, 0.3) is 0 Å². The Balaban J connectivity index is 2.56. The van der Waals surface area contributed by atoms with Gasteiger partial charge < -0.3 is 5.73 Å². The van der Waals surface area contributed by atoms with Gasteiger partial charge in [-0.1, -0.05) is 27.2 Å². The second kappa shape index (κ2) is 5.61. The van der Waals surface area contributed by atoms with Gasteiger partial charge >= 0.3 is 0 Å². The first-order chi connectivity index (χ1) is 7.07. The van der Waals surface area contributed by atoms with Crippen LogP contribution in [0.5, 0.6) is 0 Å². The van der Waals surface area contributed by atoms with E-state index in [0.29, 0.717) is 0 Å². The van der Waals surface area contributed by atoms with E-state index in [9.17, 15) is 0 Å². The van der Waals surface area contributed by atoms with Gasteiger partial charge in [0, 0.05) is 11.8 Å². The molecular formula is C12H22N2S. The molecule has 0 aliphatic heterocycles. The van der Waals surface area contributed by atoms with Gasteiger partial charge in [-0.2, -0.15) is 0 Å². The van der Waals surface area contributed by atoms with E-state index in [0.717, 1.165) is 25.8 Å². The predicted molar refractivity (Wildman–Crippen MR) is 67.3 cm³/mol. The van der Waals surface area contributed by atoms with Gasteiger partial charge in [-0.05, 0) is 24.8 Å². The molecule has 0 unspecified atom stereocenters. The maximum Gasteiger partial charge on any atom is 0.0933 e. The quantitative estimate of drug-likeness (QED) is 0.810. The Morgan fingerprint density at radius 1 is 1.47 bits per heavy atom. The van der Waals surface area contributed by atoms with Crippen LogP contribution < -0.4 is 5.73 Å². The minimum Gasteiger partial charge on any atom is -0.330 e. The molecule has 2 nitrogen and oxygen atoms in total. The van der Waals surface area contributed by atoms with Crippen molar-refractivity contribution in [2.45, 2.75) is 46.5 Å². The zero-order chi connectivity index (χ0) is 11.3. The van der Waals surface area contributed by atoms with Crippen molar-refractivity contribution >= 4 is 11.3 Å². The molecule has 2 N–H and O–H groups in total. The minimum absolute atomic E-state index is 0.288. The molecule has 0 spiro atoms. The molecule has 0 saturated carbocycles. The van der Waals surface area contributed by atoms with Gasteiger partial charge in [-0.3, -0.25) is 0 Å². The van der Waals surface area contributed by atoms with Crippen LogP contribution in [0.1, 0.15) is 44.3 Å². The van der Waals surface area contributed by atoms with Crippen molar-refractivity contribution in [3.05, 3.63) is 16.1 Å². The monoisotopic (exact) mass is 226 g/mol. The Morgan fingerprint density at radius 2 is 2.20 bits per heavy atom. The maximum absolute atomic E-state index is 5.60. The lowest BCUT2D eigenvalue weighted by Crippen LogP contribution is -2.19. The van der Waals surface area contributed by atoms with E-state index >= 15 is 0 Å². The molecule has 86 valence electrons. The first-order valence-electron chi connectivity index (χ1n) is 5.71. The van der Waals surface area contributed by atoms with E-state index in [4.69, 9.17) is 5.73 Å². The van der Waals surface area contributed by atoms with Crippen LogP contribution in [0, 0.1) is 5.41 Å². The third-order valence-corrected chi connectivity index (χ3v) is 3.45. The molecule has 0 radical (unpaired) electrons. The van der Waals surface area contributed by atoms with Crippen molar-refractivity contribution < 1.29 is 0 Å². The second-order valence-corrected chi connectivity index (χ2v) is 5.80. The molecule has 1 heterocycles. The highest BCUT2D eigenvalue weighted by Crippen LogP contribution is 2.27. The van der Waals surface area contributed by atoms with Crippen LogP contribution in [0.4, 0.5) is 0 Å². The molecule has 0 bridgehead atoms. The van der Waals surface area contributed by atoms with Crippen molar-refractivity contribution in [3.8, 4) is 0 Å². The highest BCUT2D eigenvalue weighted by Gasteiger charge is 2.19. The van der Waals surface area contributed by atoms with E-state index in [1.54, 1.807) is 11.3 Å². The van der Waals surface area contributed by atoms with Crippen molar-refractivity contribution in [2.24, 2.45) is 11.1 Å². The largest absolute Gasteiger partial charge is 0.330 e. The summed E-state index contributed by atoms with van der Waals surface area (Å²) in [6, 6.07) is 0. The molecule has 1 aromatic heterocycles. The molecule has 0 aromatic carbocycles. The van der Waals surface area contributed by atoms with E-state index in [-0.39, 0.29) is 5.41 Å². The second-order valence-electron chi connectivity index (χ2n) is 4.86. The van der Waals surface area contributed by atoms with Gasteiger partial charge in [0.15, 0.2) is 0 Å². The zero-order valence-electron chi connectivity index (χ0n) is 10.0. The first-order valence-corrected chi connectivity index (χ1v) is 6.58. The normalized spacial score (nSPS) is 12.0. The summed E-state index contributed by atoms with van der Waals surface area (Å²) in [5.41, 5.74) is 7.14. The van der Waals surface area contributed by atoms with E-state index in [1.165, 1.54) is 17.1 Å². The topological polar surface area (TPSA) is 38.9 Å². The first kappa shape index (κ1) is 12.7. The van der Waals surface area contributed by atoms with Crippen LogP contribution in [-0.2, 0) is 12.8 Å². The highest BCUT2D eigenvalue weighted by molar-refractivity contribution is 7.09. The van der Waals surface area contributed by atoms with Crippen LogP contribution in [0.25, 0.3) is 0 Å². The molecule has 3 heteroatoms. The van der Waals surface area contributed by atoms with Gasteiger partial charge in [0.2, 0.25) is 0 Å². The van der Waals surface area contributed by atoms with Gasteiger partial charge in [-0.25, -0.2) is 4.98 Å². The van der Waals surface area contributed by atoms with E-state index in [1.807, 2.05) is 0 Å². The van der Waals surface area contributed by atoms with Gasteiger partial charge in [0.05, 0.1) is 10.7 Å². The molecule has 0 fully saturated rings. The Bertz CT molecular complexity index is 292. The number of rotatable bonds is 6. The summed E-state index contributed by atoms with van der Waals surface area (Å²) < 4.78 is 0. The minimum atomic E-state index is 0.288. The average molecular weight is 226 g/mol. The van der Waals surface area contributed by atoms with Crippen molar-refractivity contribution in [1.29, 1.82) is 0 Å². The molecule has 15 heavy (non-hydrogen) atoms. The number of nitrogens with two attached hydrogens (primary N) is 1. The van der Waals surface area contributed by atoms with Crippen LogP contribution in [-0.4, -0.2) is 11.5 Å². The maximum atomic E-state index is 5.60. The number of hydrogen-bond donors (Lipinski definition) is 1. The Hall–Kier alpha value is -0.410. The molecular weight excluding hydrogens is 204 g/mol. The summed E-state index contributed by atoms with van der Waals surface area (Å²) in [5.74, 6) is 0. The SMILES string of the molecule is CCCc1csc(CC(C)(C)CCN)n1. The molecule has 1 aromatic rings. The van der Waals surface area contributed by atoms with Crippen LogP contribution in [0.3, 0.4) is 0 Å². The lowest BCUT2D eigenvalue weighted by molar-refractivity contribution is 0.338.